The number of benzene rings is 1. The van der Waals surface area contributed by atoms with E-state index in [4.69, 9.17) is 5.26 Å². The Bertz CT molecular complexity index is 330. The lowest BCUT2D eigenvalue weighted by Gasteiger charge is -2.13. The average molecular weight is 188 g/mol. The molecular weight excluding hydrogens is 172 g/mol. The summed E-state index contributed by atoms with van der Waals surface area (Å²) in [7, 11) is 1.96. The van der Waals surface area contributed by atoms with E-state index in [1.807, 2.05) is 11.9 Å². The first-order valence-electron chi connectivity index (χ1n) is 4.74. The number of aryl methyl sites for hydroxylation is 2. The van der Waals surface area contributed by atoms with Gasteiger partial charge < -0.3 is 0 Å². The molecule has 1 aromatic rings. The second kappa shape index (κ2) is 4.78. The first kappa shape index (κ1) is 10.7. The van der Waals surface area contributed by atoms with E-state index in [2.05, 4.69) is 38.1 Å². The Labute approximate surface area is 85.8 Å². The Morgan fingerprint density at radius 1 is 1.21 bits per heavy atom. The van der Waals surface area contributed by atoms with Gasteiger partial charge in [-0.25, -0.2) is 0 Å². The molecule has 0 bridgehead atoms. The molecule has 0 fully saturated rings. The van der Waals surface area contributed by atoms with Gasteiger partial charge in [-0.15, -0.1) is 0 Å². The summed E-state index contributed by atoms with van der Waals surface area (Å²) in [6.45, 7) is 5.52. The predicted molar refractivity (Wildman–Crippen MR) is 57.9 cm³/mol. The van der Waals surface area contributed by atoms with Crippen LogP contribution in [0, 0.1) is 25.2 Å². The van der Waals surface area contributed by atoms with Crippen molar-refractivity contribution in [2.24, 2.45) is 0 Å². The largest absolute Gasteiger partial charge is 0.289 e. The van der Waals surface area contributed by atoms with Gasteiger partial charge in [-0.1, -0.05) is 29.3 Å². The second-order valence-electron chi connectivity index (χ2n) is 3.83. The molecule has 0 aromatic heterocycles. The fourth-order valence-electron chi connectivity index (χ4n) is 1.65. The standard InChI is InChI=1S/C12H16N2/c1-10-6-11(2)8-12(7-10)9-14(3)5-4-13/h6-8H,5,9H2,1-3H3. The van der Waals surface area contributed by atoms with Crippen molar-refractivity contribution in [3.63, 3.8) is 0 Å². The van der Waals surface area contributed by atoms with Gasteiger partial charge in [0, 0.05) is 6.54 Å². The molecule has 0 spiro atoms. The number of hydrogen-bond donors (Lipinski definition) is 0. The SMILES string of the molecule is Cc1cc(C)cc(CN(C)CC#N)c1. The van der Waals surface area contributed by atoms with Gasteiger partial charge in [0.15, 0.2) is 0 Å². The molecule has 0 amide bonds. The van der Waals surface area contributed by atoms with E-state index in [9.17, 15) is 0 Å². The van der Waals surface area contributed by atoms with Crippen molar-refractivity contribution in [2.75, 3.05) is 13.6 Å². The molecule has 0 saturated carbocycles. The monoisotopic (exact) mass is 188 g/mol. The highest BCUT2D eigenvalue weighted by molar-refractivity contribution is 5.28. The van der Waals surface area contributed by atoms with Gasteiger partial charge >= 0.3 is 0 Å². The highest BCUT2D eigenvalue weighted by Gasteiger charge is 2.00. The molecule has 0 heterocycles. The van der Waals surface area contributed by atoms with Crippen LogP contribution in [0.3, 0.4) is 0 Å². The third-order valence-corrected chi connectivity index (χ3v) is 2.07. The van der Waals surface area contributed by atoms with Gasteiger partial charge in [0.05, 0.1) is 12.6 Å². The zero-order valence-corrected chi connectivity index (χ0v) is 9.04. The Morgan fingerprint density at radius 3 is 2.29 bits per heavy atom. The number of hydrogen-bond acceptors (Lipinski definition) is 2. The van der Waals surface area contributed by atoms with E-state index in [1.165, 1.54) is 16.7 Å². The highest BCUT2D eigenvalue weighted by Crippen LogP contribution is 2.10. The van der Waals surface area contributed by atoms with Crippen molar-refractivity contribution in [3.8, 4) is 6.07 Å². The van der Waals surface area contributed by atoms with Crippen LogP contribution in [-0.2, 0) is 6.54 Å². The van der Waals surface area contributed by atoms with Crippen molar-refractivity contribution in [2.45, 2.75) is 20.4 Å². The molecule has 0 saturated heterocycles. The Balaban J connectivity index is 2.72. The zero-order chi connectivity index (χ0) is 10.6. The van der Waals surface area contributed by atoms with Gasteiger partial charge in [0.25, 0.3) is 0 Å². The van der Waals surface area contributed by atoms with Crippen LogP contribution in [0.4, 0.5) is 0 Å². The van der Waals surface area contributed by atoms with Crippen LogP contribution in [0.2, 0.25) is 0 Å². The zero-order valence-electron chi connectivity index (χ0n) is 9.04. The molecule has 0 N–H and O–H groups in total. The Kier molecular flexibility index (Phi) is 3.67. The fraction of sp³-hybridized carbons (Fsp3) is 0.417. The van der Waals surface area contributed by atoms with Crippen LogP contribution >= 0.6 is 0 Å². The Morgan fingerprint density at radius 2 is 1.79 bits per heavy atom. The summed E-state index contributed by atoms with van der Waals surface area (Å²) in [4.78, 5) is 2.01. The van der Waals surface area contributed by atoms with Crippen LogP contribution in [0.15, 0.2) is 18.2 Å². The third-order valence-electron chi connectivity index (χ3n) is 2.07. The third kappa shape index (κ3) is 3.20. The first-order valence-corrected chi connectivity index (χ1v) is 4.74. The van der Waals surface area contributed by atoms with E-state index < -0.39 is 0 Å². The minimum absolute atomic E-state index is 0.479. The van der Waals surface area contributed by atoms with Crippen molar-refractivity contribution >= 4 is 0 Å². The molecule has 0 aliphatic rings. The molecular formula is C12H16N2. The van der Waals surface area contributed by atoms with Crippen LogP contribution < -0.4 is 0 Å². The van der Waals surface area contributed by atoms with Gasteiger partial charge in [-0.2, -0.15) is 5.26 Å². The highest BCUT2D eigenvalue weighted by atomic mass is 15.1. The maximum absolute atomic E-state index is 8.53. The Hall–Kier alpha value is -1.33. The van der Waals surface area contributed by atoms with E-state index in [0.717, 1.165) is 6.54 Å². The van der Waals surface area contributed by atoms with Crippen molar-refractivity contribution in [1.82, 2.24) is 4.90 Å². The maximum Gasteiger partial charge on any atom is 0.0866 e. The second-order valence-corrected chi connectivity index (χ2v) is 3.83. The molecule has 1 aromatic carbocycles. The lowest BCUT2D eigenvalue weighted by atomic mass is 10.1. The van der Waals surface area contributed by atoms with Gasteiger partial charge in [-0.05, 0) is 26.5 Å². The summed E-state index contributed by atoms with van der Waals surface area (Å²) in [6.07, 6.45) is 0. The summed E-state index contributed by atoms with van der Waals surface area (Å²) in [5, 5.41) is 8.53. The average Bonchev–Trinajstić information content (AvgIpc) is 2.01. The summed E-state index contributed by atoms with van der Waals surface area (Å²) < 4.78 is 0. The molecule has 0 aliphatic carbocycles. The fourth-order valence-corrected chi connectivity index (χ4v) is 1.65. The van der Waals surface area contributed by atoms with Gasteiger partial charge in [0.2, 0.25) is 0 Å². The number of rotatable bonds is 3. The molecule has 1 rings (SSSR count). The molecule has 2 heteroatoms. The van der Waals surface area contributed by atoms with Crippen LogP contribution in [0.1, 0.15) is 16.7 Å². The summed E-state index contributed by atoms with van der Waals surface area (Å²) in [5.41, 5.74) is 3.84. The number of nitrogens with zero attached hydrogens (tertiary/aromatic N) is 2. The molecule has 74 valence electrons. The van der Waals surface area contributed by atoms with E-state index in [0.29, 0.717) is 6.54 Å². The van der Waals surface area contributed by atoms with Crippen LogP contribution in [-0.4, -0.2) is 18.5 Å². The summed E-state index contributed by atoms with van der Waals surface area (Å²) in [5.74, 6) is 0. The minimum atomic E-state index is 0.479. The molecule has 0 atom stereocenters. The molecule has 0 unspecified atom stereocenters. The lowest BCUT2D eigenvalue weighted by Crippen LogP contribution is -2.17. The van der Waals surface area contributed by atoms with Crippen molar-refractivity contribution in [3.05, 3.63) is 34.9 Å². The summed E-state index contributed by atoms with van der Waals surface area (Å²) in [6, 6.07) is 8.64. The smallest absolute Gasteiger partial charge is 0.0866 e. The first-order chi connectivity index (χ1) is 6.61. The quantitative estimate of drug-likeness (QED) is 0.680. The van der Waals surface area contributed by atoms with Crippen LogP contribution in [0.25, 0.3) is 0 Å². The van der Waals surface area contributed by atoms with E-state index in [-0.39, 0.29) is 0 Å². The van der Waals surface area contributed by atoms with Gasteiger partial charge in [0.1, 0.15) is 0 Å². The van der Waals surface area contributed by atoms with Crippen LogP contribution in [0.5, 0.6) is 0 Å². The lowest BCUT2D eigenvalue weighted by molar-refractivity contribution is 0.367. The minimum Gasteiger partial charge on any atom is -0.289 e. The molecule has 2 nitrogen and oxygen atoms in total. The molecule has 0 aliphatic heterocycles. The van der Waals surface area contributed by atoms with E-state index in [1.54, 1.807) is 0 Å². The van der Waals surface area contributed by atoms with Gasteiger partial charge in [-0.3, -0.25) is 4.90 Å². The predicted octanol–water partition coefficient (Wildman–Crippen LogP) is 2.26. The molecule has 14 heavy (non-hydrogen) atoms. The topological polar surface area (TPSA) is 27.0 Å². The normalized spacial score (nSPS) is 10.2. The summed E-state index contributed by atoms with van der Waals surface area (Å²) >= 11 is 0. The molecule has 0 radical (unpaired) electrons. The van der Waals surface area contributed by atoms with Crippen molar-refractivity contribution in [1.29, 1.82) is 5.26 Å². The van der Waals surface area contributed by atoms with E-state index >= 15 is 0 Å². The van der Waals surface area contributed by atoms with Crippen molar-refractivity contribution < 1.29 is 0 Å². The number of nitriles is 1. The maximum atomic E-state index is 8.53.